The monoisotopic (exact) mass is 99.1 g/mol. The molecule has 0 saturated carbocycles. The molecule has 40 valence electrons. The molecule has 0 aromatic carbocycles. The van der Waals surface area contributed by atoms with Crippen LogP contribution in [0.25, 0.3) is 0 Å². The van der Waals surface area contributed by atoms with E-state index in [0.29, 0.717) is 0 Å². The first-order chi connectivity index (χ1) is 3.27. The first-order valence-corrected chi connectivity index (χ1v) is 2.15. The lowest BCUT2D eigenvalue weighted by Gasteiger charge is -1.78. The van der Waals surface area contributed by atoms with E-state index in [1.54, 1.807) is 18.4 Å². The van der Waals surface area contributed by atoms with Crippen molar-refractivity contribution in [2.75, 3.05) is 0 Å². The van der Waals surface area contributed by atoms with Gasteiger partial charge in [-0.2, -0.15) is 0 Å². The van der Waals surface area contributed by atoms with Crippen molar-refractivity contribution < 1.29 is 5.73 Å². The van der Waals surface area contributed by atoms with Gasteiger partial charge in [-0.25, -0.2) is 0 Å². The highest BCUT2D eigenvalue weighted by Crippen LogP contribution is 1.76. The average Bonchev–Trinajstić information content (AvgIpc) is 1.61. The lowest BCUT2D eigenvalue weighted by Crippen LogP contribution is -2.38. The van der Waals surface area contributed by atoms with Crippen LogP contribution in [-0.2, 0) is 0 Å². The topological polar surface area (TPSA) is 53.7 Å². The molecule has 5 N–H and O–H groups in total. The van der Waals surface area contributed by atoms with Gasteiger partial charge in [0.1, 0.15) is 0 Å². The minimum absolute atomic E-state index is 0.805. The van der Waals surface area contributed by atoms with Crippen LogP contribution >= 0.6 is 0 Å². The number of hydrogen-bond donors (Lipinski definition) is 2. The predicted octanol–water partition coefficient (Wildman–Crippen LogP) is -0.396. The molecule has 2 heteroatoms. The molecule has 0 aliphatic carbocycles. The maximum absolute atomic E-state index is 5.26. The van der Waals surface area contributed by atoms with Gasteiger partial charge in [-0.3, -0.25) is 0 Å². The summed E-state index contributed by atoms with van der Waals surface area (Å²) in [6, 6.07) is 0. The van der Waals surface area contributed by atoms with Gasteiger partial charge in [-0.1, -0.05) is 0 Å². The molecule has 7 heavy (non-hydrogen) atoms. The molecular weight excluding hydrogens is 88.1 g/mol. The molecular formula is C5H11N2+. The van der Waals surface area contributed by atoms with Crippen molar-refractivity contribution >= 4 is 0 Å². The first-order valence-electron chi connectivity index (χ1n) is 2.15. The van der Waals surface area contributed by atoms with Gasteiger partial charge in [0.05, 0.1) is 6.20 Å². The van der Waals surface area contributed by atoms with E-state index in [1.165, 1.54) is 0 Å². The Morgan fingerprint density at radius 3 is 2.43 bits per heavy atom. The van der Waals surface area contributed by atoms with Gasteiger partial charge in [0.2, 0.25) is 0 Å². The quantitative estimate of drug-likeness (QED) is 0.432. The Kier molecular flexibility index (Phi) is 3.06. The van der Waals surface area contributed by atoms with Crippen LogP contribution in [0.5, 0.6) is 0 Å². The molecule has 0 heterocycles. The van der Waals surface area contributed by atoms with E-state index < -0.39 is 0 Å². The first kappa shape index (κ1) is 6.24. The summed E-state index contributed by atoms with van der Waals surface area (Å²) >= 11 is 0. The Balaban J connectivity index is 3.46. The lowest BCUT2D eigenvalue weighted by atomic mass is 10.4. The third-order valence-electron chi connectivity index (χ3n) is 0.495. The largest absolute Gasteiger partial charge is 0.402 e. The van der Waals surface area contributed by atoms with Gasteiger partial charge in [-0.05, 0) is 19.1 Å². The molecule has 0 rings (SSSR count). The molecule has 0 saturated heterocycles. The zero-order valence-electron chi connectivity index (χ0n) is 4.52. The number of nitrogens with two attached hydrogens (primary N) is 1. The smallest absolute Gasteiger partial charge is 0.0909 e. The lowest BCUT2D eigenvalue weighted by molar-refractivity contribution is -0.274. The molecule has 2 nitrogen and oxygen atoms in total. The highest BCUT2D eigenvalue weighted by Gasteiger charge is 1.66. The zero-order chi connectivity index (χ0) is 5.70. The van der Waals surface area contributed by atoms with Crippen LogP contribution in [0, 0.1) is 0 Å². The highest BCUT2D eigenvalue weighted by atomic mass is 14.5. The summed E-state index contributed by atoms with van der Waals surface area (Å²) < 4.78 is 0. The molecule has 0 bridgehead atoms. The van der Waals surface area contributed by atoms with Crippen LogP contribution in [0.4, 0.5) is 0 Å². The average molecular weight is 99.2 g/mol. The Bertz CT molecular complexity index is 88.3. The molecule has 0 unspecified atom stereocenters. The number of allylic oxidation sites excluding steroid dienone is 3. The van der Waals surface area contributed by atoms with Crippen molar-refractivity contribution in [3.8, 4) is 0 Å². The van der Waals surface area contributed by atoms with E-state index in [0.717, 1.165) is 5.70 Å². The van der Waals surface area contributed by atoms with Crippen LogP contribution in [-0.4, -0.2) is 0 Å². The van der Waals surface area contributed by atoms with E-state index >= 15 is 0 Å². The number of quaternary nitrogens is 1. The van der Waals surface area contributed by atoms with Crippen molar-refractivity contribution in [1.29, 1.82) is 0 Å². The summed E-state index contributed by atoms with van der Waals surface area (Å²) in [6.45, 7) is 1.83. The summed E-state index contributed by atoms with van der Waals surface area (Å²) in [7, 11) is 0. The van der Waals surface area contributed by atoms with Crippen molar-refractivity contribution in [3.63, 3.8) is 0 Å². The van der Waals surface area contributed by atoms with E-state index in [2.05, 4.69) is 5.73 Å². The summed E-state index contributed by atoms with van der Waals surface area (Å²) in [5.41, 5.74) is 9.54. The van der Waals surface area contributed by atoms with Gasteiger partial charge < -0.3 is 11.5 Å². The second-order valence-electron chi connectivity index (χ2n) is 1.34. The van der Waals surface area contributed by atoms with Crippen molar-refractivity contribution in [3.05, 3.63) is 24.0 Å². The van der Waals surface area contributed by atoms with E-state index in [9.17, 15) is 0 Å². The summed E-state index contributed by atoms with van der Waals surface area (Å²) in [5.74, 6) is 0. The summed E-state index contributed by atoms with van der Waals surface area (Å²) in [4.78, 5) is 0. The highest BCUT2D eigenvalue weighted by molar-refractivity contribution is 5.04. The normalized spacial score (nSPS) is 13.1. The molecule has 0 amide bonds. The second-order valence-corrected chi connectivity index (χ2v) is 1.34. The molecule has 0 fully saturated rings. The van der Waals surface area contributed by atoms with E-state index in [-0.39, 0.29) is 0 Å². The maximum atomic E-state index is 5.26. The van der Waals surface area contributed by atoms with Crippen molar-refractivity contribution in [1.82, 2.24) is 0 Å². The Labute approximate surface area is 43.5 Å². The Morgan fingerprint density at radius 2 is 2.29 bits per heavy atom. The second kappa shape index (κ2) is 3.43. The third-order valence-corrected chi connectivity index (χ3v) is 0.495. The van der Waals surface area contributed by atoms with Crippen LogP contribution < -0.4 is 11.5 Å². The Hall–Kier alpha value is -0.760. The summed E-state index contributed by atoms with van der Waals surface area (Å²) in [6.07, 6.45) is 5.29. The van der Waals surface area contributed by atoms with Gasteiger partial charge >= 0.3 is 0 Å². The predicted molar refractivity (Wildman–Crippen MR) is 30.0 cm³/mol. The van der Waals surface area contributed by atoms with E-state index in [1.807, 2.05) is 6.92 Å². The maximum Gasteiger partial charge on any atom is 0.0909 e. The Morgan fingerprint density at radius 1 is 1.71 bits per heavy atom. The molecule has 0 atom stereocenters. The van der Waals surface area contributed by atoms with Crippen molar-refractivity contribution in [2.24, 2.45) is 5.73 Å². The SMILES string of the molecule is C/C(N)=C/C=C\[NH3+]. The fourth-order valence-corrected chi connectivity index (χ4v) is 0.220. The zero-order valence-corrected chi connectivity index (χ0v) is 4.52. The summed E-state index contributed by atoms with van der Waals surface area (Å²) in [5, 5.41) is 0. The minimum atomic E-state index is 0.805. The fourth-order valence-electron chi connectivity index (χ4n) is 0.220. The molecule has 0 spiro atoms. The molecule has 0 aromatic rings. The standard InChI is InChI=1S/C5H10N2/c1-5(7)3-2-4-6/h2-4H,6-7H2,1H3/p+1/b4-2-,5-3-. The van der Waals surface area contributed by atoms with Gasteiger partial charge in [0, 0.05) is 5.70 Å². The van der Waals surface area contributed by atoms with Crippen LogP contribution in [0.15, 0.2) is 24.0 Å². The molecule has 0 aliphatic heterocycles. The van der Waals surface area contributed by atoms with Gasteiger partial charge in [-0.15, -0.1) is 0 Å². The van der Waals surface area contributed by atoms with Gasteiger partial charge in [0.25, 0.3) is 0 Å². The third kappa shape index (κ3) is 5.24. The number of hydrogen-bond acceptors (Lipinski definition) is 1. The molecule has 0 radical (unpaired) electrons. The molecule has 0 aliphatic rings. The van der Waals surface area contributed by atoms with E-state index in [4.69, 9.17) is 5.73 Å². The van der Waals surface area contributed by atoms with Crippen LogP contribution in [0.1, 0.15) is 6.92 Å². The fraction of sp³-hybridized carbons (Fsp3) is 0.200. The number of rotatable bonds is 1. The minimum Gasteiger partial charge on any atom is -0.402 e. The van der Waals surface area contributed by atoms with Crippen molar-refractivity contribution in [2.45, 2.75) is 6.92 Å². The van der Waals surface area contributed by atoms with Crippen LogP contribution in [0.2, 0.25) is 0 Å². The molecule has 0 aromatic heterocycles. The van der Waals surface area contributed by atoms with Gasteiger partial charge in [0.15, 0.2) is 0 Å². The van der Waals surface area contributed by atoms with Crippen LogP contribution in [0.3, 0.4) is 0 Å².